The van der Waals surface area contributed by atoms with Crippen molar-refractivity contribution in [2.24, 2.45) is 11.8 Å². The smallest absolute Gasteiger partial charge is 0.0276 e. The first-order valence-electron chi connectivity index (χ1n) is 8.39. The Kier molecular flexibility index (Phi) is 5.94. The van der Waals surface area contributed by atoms with Crippen LogP contribution in [0.25, 0.3) is 0 Å². The summed E-state index contributed by atoms with van der Waals surface area (Å²) in [5, 5.41) is 0. The first-order chi connectivity index (χ1) is 9.31. The van der Waals surface area contributed by atoms with Crippen LogP contribution in [0.5, 0.6) is 0 Å². The molecule has 0 bridgehead atoms. The van der Waals surface area contributed by atoms with E-state index in [-0.39, 0.29) is 0 Å². The van der Waals surface area contributed by atoms with E-state index in [2.05, 4.69) is 38.1 Å². The maximum absolute atomic E-state index is 2.33. The second-order valence-electron chi connectivity index (χ2n) is 6.38. The lowest BCUT2D eigenvalue weighted by atomic mass is 9.78. The number of benzene rings is 1. The van der Waals surface area contributed by atoms with Gasteiger partial charge in [0.25, 0.3) is 0 Å². The van der Waals surface area contributed by atoms with Crippen molar-refractivity contribution < 1.29 is 0 Å². The number of rotatable bonds is 6. The van der Waals surface area contributed by atoms with E-state index < -0.39 is 0 Å². The molecule has 0 aliphatic heterocycles. The van der Waals surface area contributed by atoms with Crippen LogP contribution >= 0.6 is 0 Å². The molecular weight excluding hydrogens is 228 g/mol. The molecule has 19 heavy (non-hydrogen) atoms. The van der Waals surface area contributed by atoms with E-state index in [1.165, 1.54) is 62.5 Å². The fraction of sp³-hybridized carbons (Fsp3) is 0.684. The average molecular weight is 258 g/mol. The quantitative estimate of drug-likeness (QED) is 0.606. The molecule has 0 spiro atoms. The van der Waals surface area contributed by atoms with Gasteiger partial charge in [0.05, 0.1) is 0 Å². The molecule has 0 unspecified atom stereocenters. The Labute approximate surface area is 119 Å². The number of hydrogen-bond acceptors (Lipinski definition) is 0. The molecule has 1 saturated carbocycles. The van der Waals surface area contributed by atoms with Gasteiger partial charge < -0.3 is 0 Å². The molecule has 0 heterocycles. The third-order valence-corrected chi connectivity index (χ3v) is 4.94. The van der Waals surface area contributed by atoms with Gasteiger partial charge >= 0.3 is 0 Å². The summed E-state index contributed by atoms with van der Waals surface area (Å²) in [6.07, 6.45) is 12.6. The van der Waals surface area contributed by atoms with Crippen molar-refractivity contribution in [3.05, 3.63) is 35.4 Å². The fourth-order valence-electron chi connectivity index (χ4n) is 3.53. The zero-order valence-corrected chi connectivity index (χ0v) is 12.8. The van der Waals surface area contributed by atoms with Gasteiger partial charge in [0.1, 0.15) is 0 Å². The zero-order chi connectivity index (χ0) is 13.5. The van der Waals surface area contributed by atoms with Gasteiger partial charge in [0.2, 0.25) is 0 Å². The molecule has 1 aliphatic carbocycles. The van der Waals surface area contributed by atoms with E-state index >= 15 is 0 Å². The molecule has 2 rings (SSSR count). The maximum Gasteiger partial charge on any atom is -0.0276 e. The predicted octanol–water partition coefficient (Wildman–Crippen LogP) is 5.79. The summed E-state index contributed by atoms with van der Waals surface area (Å²) in [6.45, 7) is 4.55. The van der Waals surface area contributed by atoms with Crippen LogP contribution in [-0.4, -0.2) is 0 Å². The van der Waals surface area contributed by atoms with Crippen molar-refractivity contribution in [1.82, 2.24) is 0 Å². The van der Waals surface area contributed by atoms with Crippen molar-refractivity contribution >= 4 is 0 Å². The van der Waals surface area contributed by atoms with Crippen molar-refractivity contribution in [2.75, 3.05) is 0 Å². The van der Waals surface area contributed by atoms with Gasteiger partial charge in [0.15, 0.2) is 0 Å². The lowest BCUT2D eigenvalue weighted by molar-refractivity contribution is 0.252. The van der Waals surface area contributed by atoms with Gasteiger partial charge in [-0.1, -0.05) is 76.6 Å². The first kappa shape index (κ1) is 14.6. The van der Waals surface area contributed by atoms with E-state index in [0.29, 0.717) is 0 Å². The summed E-state index contributed by atoms with van der Waals surface area (Å²) in [6, 6.07) is 9.27. The van der Waals surface area contributed by atoms with Gasteiger partial charge in [-0.15, -0.1) is 0 Å². The van der Waals surface area contributed by atoms with Crippen LogP contribution in [0.3, 0.4) is 0 Å². The molecule has 1 aromatic rings. The molecular formula is C19H30. The average Bonchev–Trinajstić information content (AvgIpc) is 2.47. The molecule has 0 amide bonds. The largest absolute Gasteiger partial charge is 0.0654 e. The molecule has 1 aromatic carbocycles. The fourth-order valence-corrected chi connectivity index (χ4v) is 3.53. The van der Waals surface area contributed by atoms with Crippen LogP contribution in [0.2, 0.25) is 0 Å². The highest BCUT2D eigenvalue weighted by molar-refractivity contribution is 5.22. The van der Waals surface area contributed by atoms with Gasteiger partial charge in [0, 0.05) is 0 Å². The summed E-state index contributed by atoms with van der Waals surface area (Å²) in [7, 11) is 0. The maximum atomic E-state index is 2.33. The van der Waals surface area contributed by atoms with E-state index in [0.717, 1.165) is 18.3 Å². The summed E-state index contributed by atoms with van der Waals surface area (Å²) < 4.78 is 0. The third kappa shape index (κ3) is 4.67. The first-order valence-corrected chi connectivity index (χ1v) is 8.39. The van der Waals surface area contributed by atoms with Crippen LogP contribution in [0, 0.1) is 11.8 Å². The van der Waals surface area contributed by atoms with E-state index in [9.17, 15) is 0 Å². The molecule has 1 aliphatic rings. The summed E-state index contributed by atoms with van der Waals surface area (Å²) in [5.74, 6) is 2.05. The number of hydrogen-bond donors (Lipinski definition) is 0. The Morgan fingerprint density at radius 1 is 0.789 bits per heavy atom. The summed E-state index contributed by atoms with van der Waals surface area (Å²) in [5.41, 5.74) is 3.00. The minimum absolute atomic E-state index is 0.999. The lowest BCUT2D eigenvalue weighted by Gasteiger charge is -2.28. The Hall–Kier alpha value is -0.780. The molecule has 0 atom stereocenters. The molecule has 0 radical (unpaired) electrons. The van der Waals surface area contributed by atoms with Crippen LogP contribution < -0.4 is 0 Å². The Balaban J connectivity index is 1.71. The minimum atomic E-state index is 0.999. The van der Waals surface area contributed by atoms with E-state index in [1.54, 1.807) is 0 Å². The van der Waals surface area contributed by atoms with Crippen molar-refractivity contribution in [1.29, 1.82) is 0 Å². The Bertz CT molecular complexity index is 341. The van der Waals surface area contributed by atoms with Crippen molar-refractivity contribution in [3.63, 3.8) is 0 Å². The zero-order valence-electron chi connectivity index (χ0n) is 12.8. The minimum Gasteiger partial charge on any atom is -0.0654 e. The third-order valence-electron chi connectivity index (χ3n) is 4.94. The van der Waals surface area contributed by atoms with Gasteiger partial charge in [-0.25, -0.2) is 0 Å². The predicted molar refractivity (Wildman–Crippen MR) is 84.5 cm³/mol. The topological polar surface area (TPSA) is 0 Å². The second kappa shape index (κ2) is 7.72. The lowest BCUT2D eigenvalue weighted by Crippen LogP contribution is -2.15. The van der Waals surface area contributed by atoms with E-state index in [4.69, 9.17) is 0 Å². The normalized spacial score (nSPS) is 23.5. The van der Waals surface area contributed by atoms with Crippen LogP contribution in [-0.2, 0) is 12.8 Å². The number of aryl methyl sites for hydroxylation is 2. The van der Waals surface area contributed by atoms with Crippen LogP contribution in [0.1, 0.15) is 69.9 Å². The Morgan fingerprint density at radius 2 is 1.32 bits per heavy atom. The summed E-state index contributed by atoms with van der Waals surface area (Å²) >= 11 is 0. The summed E-state index contributed by atoms with van der Waals surface area (Å²) in [4.78, 5) is 0. The standard InChI is InChI=1S/C19H30/c1-3-5-17-10-12-19(13-11-17)15-14-18-8-6-16(4-2)7-9-18/h6-9,17,19H,3-5,10-15H2,1-2H3/t17-,19-. The van der Waals surface area contributed by atoms with Crippen molar-refractivity contribution in [3.8, 4) is 0 Å². The van der Waals surface area contributed by atoms with Gasteiger partial charge in [-0.2, -0.15) is 0 Å². The molecule has 0 aromatic heterocycles. The molecule has 0 N–H and O–H groups in total. The highest BCUT2D eigenvalue weighted by Gasteiger charge is 2.20. The van der Waals surface area contributed by atoms with Crippen LogP contribution in [0.15, 0.2) is 24.3 Å². The molecule has 0 heteroatoms. The van der Waals surface area contributed by atoms with Crippen LogP contribution in [0.4, 0.5) is 0 Å². The molecule has 0 nitrogen and oxygen atoms in total. The molecule has 1 fully saturated rings. The second-order valence-corrected chi connectivity index (χ2v) is 6.38. The van der Waals surface area contributed by atoms with Gasteiger partial charge in [-0.3, -0.25) is 0 Å². The van der Waals surface area contributed by atoms with Gasteiger partial charge in [-0.05, 0) is 42.2 Å². The molecule has 0 saturated heterocycles. The van der Waals surface area contributed by atoms with Crippen molar-refractivity contribution in [2.45, 2.75) is 71.6 Å². The highest BCUT2D eigenvalue weighted by atomic mass is 14.3. The monoisotopic (exact) mass is 258 g/mol. The Morgan fingerprint density at radius 3 is 1.84 bits per heavy atom. The highest BCUT2D eigenvalue weighted by Crippen LogP contribution is 2.33. The molecule has 106 valence electrons. The SMILES string of the molecule is CCC[C@H]1CC[C@H](CCc2ccc(CC)cc2)CC1. The van der Waals surface area contributed by atoms with E-state index in [1.807, 2.05) is 0 Å².